The van der Waals surface area contributed by atoms with Crippen LogP contribution >= 0.6 is 24.0 Å². The van der Waals surface area contributed by atoms with Gasteiger partial charge in [0.25, 0.3) is 0 Å². The molecule has 1 aromatic carbocycles. The molecule has 10 heteroatoms. The molecule has 2 aromatic heterocycles. The number of rotatable bonds is 5. The molecule has 1 atom stereocenters. The first-order chi connectivity index (χ1) is 13.7. The molecule has 4 rings (SSSR count). The number of nitrogens with one attached hydrogen (secondary N) is 4. The summed E-state index contributed by atoms with van der Waals surface area (Å²) >= 11 is 0. The monoisotopic (exact) mass is 507 g/mol. The minimum atomic E-state index is 0. The maximum Gasteiger partial charge on any atom is 0.225 e. The van der Waals surface area contributed by atoms with Crippen molar-refractivity contribution in [2.45, 2.75) is 18.9 Å². The lowest BCUT2D eigenvalue weighted by Crippen LogP contribution is -2.40. The number of hydrogen-bond acceptors (Lipinski definition) is 5. The summed E-state index contributed by atoms with van der Waals surface area (Å²) in [5.41, 5.74) is 2.00. The topological polar surface area (TPSA) is 120 Å². The van der Waals surface area contributed by atoms with Crippen LogP contribution in [-0.2, 0) is 11.3 Å². The van der Waals surface area contributed by atoms with Crippen LogP contribution in [0.4, 0.5) is 5.69 Å². The van der Waals surface area contributed by atoms with E-state index < -0.39 is 0 Å². The summed E-state index contributed by atoms with van der Waals surface area (Å²) in [4.78, 5) is 20.6. The lowest BCUT2D eigenvalue weighted by atomic mass is 9.90. The van der Waals surface area contributed by atoms with Crippen molar-refractivity contribution in [3.8, 4) is 11.6 Å². The molecule has 9 nitrogen and oxygen atoms in total. The van der Waals surface area contributed by atoms with Gasteiger partial charge in [-0.15, -0.1) is 29.1 Å². The average Bonchev–Trinajstić information content (AvgIpc) is 3.39. The van der Waals surface area contributed by atoms with E-state index in [9.17, 15) is 4.79 Å². The highest BCUT2D eigenvalue weighted by Crippen LogP contribution is 2.31. The predicted octanol–water partition coefficient (Wildman–Crippen LogP) is 2.47. The number of hydrogen-bond donors (Lipinski definition) is 4. The largest absolute Gasteiger partial charge is 0.461 e. The van der Waals surface area contributed by atoms with Gasteiger partial charge in [0.05, 0.1) is 12.8 Å². The molecule has 1 amide bonds. The van der Waals surface area contributed by atoms with Gasteiger partial charge in [-0.1, -0.05) is 18.2 Å². The van der Waals surface area contributed by atoms with Gasteiger partial charge in [0.15, 0.2) is 11.7 Å². The Labute approximate surface area is 184 Å². The first kappa shape index (κ1) is 20.8. The second kappa shape index (κ2) is 9.54. The summed E-state index contributed by atoms with van der Waals surface area (Å²) in [5.74, 6) is 2.52. The quantitative estimate of drug-likeness (QED) is 0.239. The number of carbonyl (C=O) groups is 1. The molecule has 3 heterocycles. The third-order valence-electron chi connectivity index (χ3n) is 4.54. The Hall–Kier alpha value is -2.89. The van der Waals surface area contributed by atoms with E-state index in [1.807, 2.05) is 24.3 Å². The first-order valence-corrected chi connectivity index (χ1v) is 9.01. The predicted molar refractivity (Wildman–Crippen MR) is 120 cm³/mol. The van der Waals surface area contributed by atoms with Crippen LogP contribution in [0.5, 0.6) is 0 Å². The smallest absolute Gasteiger partial charge is 0.225 e. The van der Waals surface area contributed by atoms with E-state index in [0.29, 0.717) is 42.9 Å². The number of aromatic nitrogens is 3. The van der Waals surface area contributed by atoms with Gasteiger partial charge in [0.2, 0.25) is 11.7 Å². The van der Waals surface area contributed by atoms with Gasteiger partial charge in [-0.3, -0.25) is 14.9 Å². The fraction of sp³-hybridized carbons (Fsp3) is 0.263. The Morgan fingerprint density at radius 1 is 1.28 bits per heavy atom. The van der Waals surface area contributed by atoms with Gasteiger partial charge in [0, 0.05) is 31.6 Å². The summed E-state index contributed by atoms with van der Waals surface area (Å²) in [6.07, 6.45) is 2.02. The molecule has 0 saturated heterocycles. The van der Waals surface area contributed by atoms with Gasteiger partial charge in [-0.25, -0.2) is 4.98 Å². The van der Waals surface area contributed by atoms with E-state index in [1.165, 1.54) is 0 Å². The molecule has 0 aliphatic carbocycles. The molecular weight excluding hydrogens is 485 g/mol. The van der Waals surface area contributed by atoms with Gasteiger partial charge in [-0.05, 0) is 23.8 Å². The Bertz CT molecular complexity index is 984. The zero-order valence-electron chi connectivity index (χ0n) is 15.8. The molecule has 152 valence electrons. The molecule has 0 spiro atoms. The van der Waals surface area contributed by atoms with Crippen molar-refractivity contribution in [2.75, 3.05) is 18.9 Å². The third-order valence-corrected chi connectivity index (χ3v) is 4.54. The molecule has 1 aliphatic heterocycles. The van der Waals surface area contributed by atoms with Crippen molar-refractivity contribution in [1.82, 2.24) is 25.8 Å². The number of H-pyrrole nitrogens is 1. The Morgan fingerprint density at radius 2 is 2.14 bits per heavy atom. The lowest BCUT2D eigenvalue weighted by molar-refractivity contribution is -0.116. The Balaban J connectivity index is 0.00000240. The van der Waals surface area contributed by atoms with Gasteiger partial charge < -0.3 is 20.4 Å². The number of carbonyl (C=O) groups excluding carboxylic acids is 1. The molecule has 0 fully saturated rings. The Morgan fingerprint density at radius 3 is 2.93 bits per heavy atom. The number of fused-ring (bicyclic) bond motifs is 1. The molecule has 1 unspecified atom stereocenters. The third kappa shape index (κ3) is 4.94. The lowest BCUT2D eigenvalue weighted by Gasteiger charge is -2.26. The summed E-state index contributed by atoms with van der Waals surface area (Å²) in [6, 6.07) is 11.5. The van der Waals surface area contributed by atoms with Gasteiger partial charge >= 0.3 is 0 Å². The van der Waals surface area contributed by atoms with E-state index in [0.717, 1.165) is 11.3 Å². The van der Waals surface area contributed by atoms with E-state index in [4.69, 9.17) is 4.42 Å². The van der Waals surface area contributed by atoms with Crippen molar-refractivity contribution >= 4 is 41.5 Å². The maximum atomic E-state index is 11.9. The molecule has 3 aromatic rings. The number of aliphatic imine (C=N–C) groups is 1. The van der Waals surface area contributed by atoms with Crippen molar-refractivity contribution in [3.63, 3.8) is 0 Å². The molecule has 29 heavy (non-hydrogen) atoms. The normalized spacial score (nSPS) is 15.8. The van der Waals surface area contributed by atoms with E-state index >= 15 is 0 Å². The highest BCUT2D eigenvalue weighted by Gasteiger charge is 2.24. The van der Waals surface area contributed by atoms with Crippen LogP contribution in [0.1, 0.15) is 23.7 Å². The van der Waals surface area contributed by atoms with Gasteiger partial charge in [-0.2, -0.15) is 0 Å². The van der Waals surface area contributed by atoms with Gasteiger partial charge in [0.1, 0.15) is 5.82 Å². The van der Waals surface area contributed by atoms with E-state index in [2.05, 4.69) is 36.1 Å². The second-order valence-corrected chi connectivity index (χ2v) is 6.43. The van der Waals surface area contributed by atoms with Crippen LogP contribution in [0.2, 0.25) is 0 Å². The van der Waals surface area contributed by atoms with Crippen LogP contribution in [0.15, 0.2) is 52.1 Å². The van der Waals surface area contributed by atoms with E-state index in [1.54, 1.807) is 25.4 Å². The number of nitrogens with zero attached hydrogens (tertiary/aromatic N) is 3. The highest BCUT2D eigenvalue weighted by molar-refractivity contribution is 14.0. The van der Waals surface area contributed by atoms with Crippen molar-refractivity contribution in [3.05, 3.63) is 54.0 Å². The van der Waals surface area contributed by atoms with Crippen LogP contribution in [0.3, 0.4) is 0 Å². The number of halogens is 1. The highest BCUT2D eigenvalue weighted by atomic mass is 127. The molecule has 0 saturated carbocycles. The zero-order chi connectivity index (χ0) is 19.3. The SMILES string of the molecule is CN=C(NCc1nc(-c2ccco2)n[nH]1)NCC1CC(=O)Nc2ccccc21.I. The van der Waals surface area contributed by atoms with Crippen LogP contribution in [0.25, 0.3) is 11.6 Å². The summed E-state index contributed by atoms with van der Waals surface area (Å²) in [7, 11) is 1.70. The molecule has 0 radical (unpaired) electrons. The number of aromatic amines is 1. The minimum absolute atomic E-state index is 0. The maximum absolute atomic E-state index is 11.9. The molecule has 0 bridgehead atoms. The molecule has 4 N–H and O–H groups in total. The van der Waals surface area contributed by atoms with Crippen LogP contribution in [0, 0.1) is 0 Å². The molecule has 1 aliphatic rings. The minimum Gasteiger partial charge on any atom is -0.461 e. The zero-order valence-corrected chi connectivity index (χ0v) is 18.1. The number of furan rings is 1. The van der Waals surface area contributed by atoms with Crippen molar-refractivity contribution in [2.24, 2.45) is 4.99 Å². The number of para-hydroxylation sites is 1. The first-order valence-electron chi connectivity index (χ1n) is 9.01. The summed E-state index contributed by atoms with van der Waals surface area (Å²) in [5, 5.41) is 16.4. The second-order valence-electron chi connectivity index (χ2n) is 6.43. The standard InChI is InChI=1S/C19H21N7O2.HI/c1-20-19(22-11-16-24-18(26-25-16)15-7-4-8-28-15)21-10-12-9-17(27)23-14-6-3-2-5-13(12)14;/h2-8,12H,9-11H2,1H3,(H,23,27)(H2,20,21,22)(H,24,25,26);1H. The van der Waals surface area contributed by atoms with Crippen LogP contribution < -0.4 is 16.0 Å². The number of amides is 1. The summed E-state index contributed by atoms with van der Waals surface area (Å²) in [6.45, 7) is 1.02. The van der Waals surface area contributed by atoms with Crippen LogP contribution in [-0.4, -0.2) is 40.6 Å². The van der Waals surface area contributed by atoms with E-state index in [-0.39, 0.29) is 35.8 Å². The Kier molecular flexibility index (Phi) is 6.86. The fourth-order valence-corrected chi connectivity index (χ4v) is 3.18. The molecular formula is C19H22IN7O2. The fourth-order valence-electron chi connectivity index (χ4n) is 3.18. The number of benzene rings is 1. The van der Waals surface area contributed by atoms with Crippen molar-refractivity contribution < 1.29 is 9.21 Å². The summed E-state index contributed by atoms with van der Waals surface area (Å²) < 4.78 is 5.29. The average molecular weight is 507 g/mol. The number of anilines is 1. The van der Waals surface area contributed by atoms with Crippen molar-refractivity contribution in [1.29, 1.82) is 0 Å². The number of guanidine groups is 1.